The SMILES string of the molecule is CC(C)c1ccc(NC(=O)N[C@@H]2C=C[C@H](CO)C2)cc1. The van der Waals surface area contributed by atoms with E-state index in [-0.39, 0.29) is 24.6 Å². The zero-order valence-corrected chi connectivity index (χ0v) is 12.0. The Morgan fingerprint density at radius 3 is 2.55 bits per heavy atom. The molecule has 0 bridgehead atoms. The zero-order valence-electron chi connectivity index (χ0n) is 12.0. The van der Waals surface area contributed by atoms with Gasteiger partial charge in [-0.2, -0.15) is 0 Å². The monoisotopic (exact) mass is 274 g/mol. The van der Waals surface area contributed by atoms with Crippen LogP contribution in [0.2, 0.25) is 0 Å². The summed E-state index contributed by atoms with van der Waals surface area (Å²) in [5, 5.41) is 14.7. The average Bonchev–Trinajstić information content (AvgIpc) is 2.86. The van der Waals surface area contributed by atoms with Crippen LogP contribution in [-0.4, -0.2) is 23.8 Å². The molecule has 108 valence electrons. The molecule has 0 spiro atoms. The molecule has 0 fully saturated rings. The minimum absolute atomic E-state index is 0.00193. The van der Waals surface area contributed by atoms with Gasteiger partial charge in [-0.25, -0.2) is 4.79 Å². The minimum Gasteiger partial charge on any atom is -0.396 e. The maximum Gasteiger partial charge on any atom is 0.319 e. The van der Waals surface area contributed by atoms with Gasteiger partial charge in [-0.05, 0) is 30.0 Å². The van der Waals surface area contributed by atoms with Gasteiger partial charge in [0, 0.05) is 24.3 Å². The van der Waals surface area contributed by atoms with Crippen molar-refractivity contribution in [3.05, 3.63) is 42.0 Å². The van der Waals surface area contributed by atoms with Gasteiger partial charge in [0.05, 0.1) is 0 Å². The summed E-state index contributed by atoms with van der Waals surface area (Å²) in [4.78, 5) is 11.9. The van der Waals surface area contributed by atoms with Crippen LogP contribution in [0, 0.1) is 5.92 Å². The Bertz CT molecular complexity index is 480. The maximum atomic E-state index is 11.9. The van der Waals surface area contributed by atoms with Crippen molar-refractivity contribution >= 4 is 11.7 Å². The van der Waals surface area contributed by atoms with E-state index >= 15 is 0 Å². The quantitative estimate of drug-likeness (QED) is 0.739. The van der Waals surface area contributed by atoms with E-state index in [0.717, 1.165) is 12.1 Å². The third-order valence-corrected chi connectivity index (χ3v) is 3.56. The van der Waals surface area contributed by atoms with Crippen LogP contribution < -0.4 is 10.6 Å². The van der Waals surface area contributed by atoms with Crippen LogP contribution in [0.4, 0.5) is 10.5 Å². The Balaban J connectivity index is 1.84. The molecule has 1 aliphatic rings. The molecule has 4 nitrogen and oxygen atoms in total. The van der Waals surface area contributed by atoms with Crippen molar-refractivity contribution in [3.63, 3.8) is 0 Å². The van der Waals surface area contributed by atoms with E-state index in [2.05, 4.69) is 24.5 Å². The first-order valence-electron chi connectivity index (χ1n) is 7.05. The van der Waals surface area contributed by atoms with E-state index in [1.54, 1.807) is 0 Å². The highest BCUT2D eigenvalue weighted by Crippen LogP contribution is 2.18. The van der Waals surface area contributed by atoms with E-state index in [1.807, 2.05) is 36.4 Å². The molecule has 1 aliphatic carbocycles. The summed E-state index contributed by atoms with van der Waals surface area (Å²) in [5.74, 6) is 0.641. The third-order valence-electron chi connectivity index (χ3n) is 3.56. The van der Waals surface area contributed by atoms with E-state index in [0.29, 0.717) is 5.92 Å². The van der Waals surface area contributed by atoms with Gasteiger partial charge in [0.2, 0.25) is 0 Å². The Morgan fingerprint density at radius 1 is 1.30 bits per heavy atom. The van der Waals surface area contributed by atoms with Gasteiger partial charge in [0.15, 0.2) is 0 Å². The second-order valence-electron chi connectivity index (χ2n) is 5.54. The highest BCUT2D eigenvalue weighted by atomic mass is 16.3. The van der Waals surface area contributed by atoms with Gasteiger partial charge in [0.1, 0.15) is 0 Å². The number of amides is 2. The maximum absolute atomic E-state index is 11.9. The average molecular weight is 274 g/mol. The molecule has 4 heteroatoms. The molecular weight excluding hydrogens is 252 g/mol. The van der Waals surface area contributed by atoms with Crippen LogP contribution in [0.3, 0.4) is 0 Å². The Kier molecular flexibility index (Phi) is 4.79. The largest absolute Gasteiger partial charge is 0.396 e. The van der Waals surface area contributed by atoms with E-state index in [1.165, 1.54) is 5.56 Å². The lowest BCUT2D eigenvalue weighted by Gasteiger charge is -2.14. The molecule has 0 radical (unpaired) electrons. The number of hydrogen-bond donors (Lipinski definition) is 3. The van der Waals surface area contributed by atoms with Crippen LogP contribution in [0.25, 0.3) is 0 Å². The number of urea groups is 1. The summed E-state index contributed by atoms with van der Waals surface area (Å²) in [6.45, 7) is 4.41. The summed E-state index contributed by atoms with van der Waals surface area (Å²) in [6, 6.07) is 7.67. The third kappa shape index (κ3) is 3.84. The second kappa shape index (κ2) is 6.57. The number of carbonyl (C=O) groups excluding carboxylic acids is 1. The molecule has 0 unspecified atom stereocenters. The molecule has 0 saturated carbocycles. The molecule has 2 amide bonds. The van der Waals surface area contributed by atoms with Gasteiger partial charge in [-0.3, -0.25) is 0 Å². The number of aliphatic hydroxyl groups is 1. The first kappa shape index (κ1) is 14.6. The van der Waals surface area contributed by atoms with Crippen molar-refractivity contribution in [3.8, 4) is 0 Å². The van der Waals surface area contributed by atoms with Crippen LogP contribution in [-0.2, 0) is 0 Å². The van der Waals surface area contributed by atoms with Gasteiger partial charge in [-0.1, -0.05) is 38.1 Å². The molecule has 1 aromatic carbocycles. The second-order valence-corrected chi connectivity index (χ2v) is 5.54. The van der Waals surface area contributed by atoms with Crippen molar-refractivity contribution in [1.82, 2.24) is 5.32 Å². The van der Waals surface area contributed by atoms with Crippen molar-refractivity contribution in [2.75, 3.05) is 11.9 Å². The lowest BCUT2D eigenvalue weighted by molar-refractivity contribution is 0.238. The van der Waals surface area contributed by atoms with Crippen molar-refractivity contribution in [1.29, 1.82) is 0 Å². The molecule has 0 aliphatic heterocycles. The van der Waals surface area contributed by atoms with Crippen LogP contribution in [0.15, 0.2) is 36.4 Å². The van der Waals surface area contributed by atoms with Crippen LogP contribution in [0.1, 0.15) is 31.7 Å². The topological polar surface area (TPSA) is 61.4 Å². The Hall–Kier alpha value is -1.81. The lowest BCUT2D eigenvalue weighted by atomic mass is 10.0. The summed E-state index contributed by atoms with van der Waals surface area (Å²) >= 11 is 0. The molecular formula is C16H22N2O2. The summed E-state index contributed by atoms with van der Waals surface area (Å²) in [6.07, 6.45) is 4.64. The van der Waals surface area contributed by atoms with Crippen molar-refractivity contribution in [2.24, 2.45) is 5.92 Å². The number of carbonyl (C=O) groups is 1. The molecule has 3 N–H and O–H groups in total. The van der Waals surface area contributed by atoms with Gasteiger partial charge in [0.25, 0.3) is 0 Å². The van der Waals surface area contributed by atoms with Gasteiger partial charge in [-0.15, -0.1) is 0 Å². The smallest absolute Gasteiger partial charge is 0.319 e. The molecule has 0 heterocycles. The Morgan fingerprint density at radius 2 is 2.00 bits per heavy atom. The fourth-order valence-electron chi connectivity index (χ4n) is 2.30. The lowest BCUT2D eigenvalue weighted by Crippen LogP contribution is -2.36. The molecule has 0 aromatic heterocycles. The summed E-state index contributed by atoms with van der Waals surface area (Å²) in [5.41, 5.74) is 2.04. The molecule has 1 aromatic rings. The van der Waals surface area contributed by atoms with Crippen LogP contribution in [0.5, 0.6) is 0 Å². The van der Waals surface area contributed by atoms with Gasteiger partial charge < -0.3 is 15.7 Å². The molecule has 20 heavy (non-hydrogen) atoms. The van der Waals surface area contributed by atoms with Crippen molar-refractivity contribution < 1.29 is 9.90 Å². The summed E-state index contributed by atoms with van der Waals surface area (Å²) in [7, 11) is 0. The van der Waals surface area contributed by atoms with Crippen molar-refractivity contribution in [2.45, 2.75) is 32.2 Å². The molecule has 2 atom stereocenters. The van der Waals surface area contributed by atoms with E-state index in [9.17, 15) is 4.79 Å². The van der Waals surface area contributed by atoms with E-state index < -0.39 is 0 Å². The highest BCUT2D eigenvalue weighted by molar-refractivity contribution is 5.89. The fourth-order valence-corrected chi connectivity index (χ4v) is 2.30. The first-order valence-corrected chi connectivity index (χ1v) is 7.05. The number of aliphatic hydroxyl groups excluding tert-OH is 1. The number of nitrogens with one attached hydrogen (secondary N) is 2. The standard InChI is InChI=1S/C16H22N2O2/c1-11(2)13-4-7-14(8-5-13)17-16(20)18-15-6-3-12(9-15)10-19/h3-8,11-12,15,19H,9-10H2,1-2H3,(H2,17,18,20)/t12-,15+/m0/s1. The number of anilines is 1. The number of hydrogen-bond acceptors (Lipinski definition) is 2. The predicted octanol–water partition coefficient (Wildman–Crippen LogP) is 2.87. The predicted molar refractivity (Wildman–Crippen MR) is 80.8 cm³/mol. The highest BCUT2D eigenvalue weighted by Gasteiger charge is 2.19. The van der Waals surface area contributed by atoms with Crippen LogP contribution >= 0.6 is 0 Å². The number of rotatable bonds is 4. The first-order chi connectivity index (χ1) is 9.58. The Labute approximate surface area is 119 Å². The zero-order chi connectivity index (χ0) is 14.5. The molecule has 2 rings (SSSR count). The van der Waals surface area contributed by atoms with E-state index in [4.69, 9.17) is 5.11 Å². The molecule has 0 saturated heterocycles. The van der Waals surface area contributed by atoms with Gasteiger partial charge >= 0.3 is 6.03 Å². The normalized spacial score (nSPS) is 21.2. The minimum atomic E-state index is -0.212. The fraction of sp³-hybridized carbons (Fsp3) is 0.438. The number of benzene rings is 1. The summed E-state index contributed by atoms with van der Waals surface area (Å²) < 4.78 is 0.